The van der Waals surface area contributed by atoms with Crippen molar-refractivity contribution >= 4 is 22.0 Å². The van der Waals surface area contributed by atoms with Crippen molar-refractivity contribution in [3.8, 4) is 0 Å². The average molecular weight is 340 g/mol. The van der Waals surface area contributed by atoms with E-state index in [1.165, 1.54) is 5.56 Å². The van der Waals surface area contributed by atoms with Gasteiger partial charge in [-0.25, -0.2) is 4.79 Å². The lowest BCUT2D eigenvalue weighted by molar-refractivity contribution is 0.0198. The van der Waals surface area contributed by atoms with E-state index in [1.807, 2.05) is 25.7 Å². The molecule has 1 aliphatic rings. The molecular weight excluding hydrogens is 318 g/mol. The van der Waals surface area contributed by atoms with E-state index in [0.29, 0.717) is 5.92 Å². The number of rotatable bonds is 1. The summed E-state index contributed by atoms with van der Waals surface area (Å²) in [5, 5.41) is 0. The maximum Gasteiger partial charge on any atom is 0.410 e. The molecule has 3 nitrogen and oxygen atoms in total. The summed E-state index contributed by atoms with van der Waals surface area (Å²) in [6, 6.07) is 8.38. The van der Waals surface area contributed by atoms with Crippen molar-refractivity contribution in [3.63, 3.8) is 0 Å². The minimum absolute atomic E-state index is 0.195. The molecule has 0 radical (unpaired) electrons. The number of carbonyl (C=O) groups excluding carboxylic acids is 1. The van der Waals surface area contributed by atoms with Crippen molar-refractivity contribution in [3.05, 3.63) is 34.3 Å². The second-order valence-corrected chi connectivity index (χ2v) is 7.23. The Kier molecular flexibility index (Phi) is 4.74. The third kappa shape index (κ3) is 4.23. The number of nitrogens with zero attached hydrogens (tertiary/aromatic N) is 1. The van der Waals surface area contributed by atoms with Gasteiger partial charge in [0, 0.05) is 23.5 Å². The first kappa shape index (κ1) is 15.4. The topological polar surface area (TPSA) is 29.5 Å². The summed E-state index contributed by atoms with van der Waals surface area (Å²) in [6.45, 7) is 7.25. The van der Waals surface area contributed by atoms with E-state index >= 15 is 0 Å². The Labute approximate surface area is 129 Å². The molecule has 110 valence electrons. The van der Waals surface area contributed by atoms with Gasteiger partial charge in [0.05, 0.1) is 0 Å². The molecule has 0 saturated carbocycles. The maximum absolute atomic E-state index is 12.1. The van der Waals surface area contributed by atoms with E-state index in [-0.39, 0.29) is 6.09 Å². The summed E-state index contributed by atoms with van der Waals surface area (Å²) in [4.78, 5) is 14.0. The molecule has 1 atom stereocenters. The zero-order valence-corrected chi connectivity index (χ0v) is 13.9. The molecule has 1 fully saturated rings. The molecule has 0 aromatic heterocycles. The van der Waals surface area contributed by atoms with E-state index in [2.05, 4.69) is 40.2 Å². The van der Waals surface area contributed by atoms with Crippen LogP contribution in [0.15, 0.2) is 28.7 Å². The zero-order valence-electron chi connectivity index (χ0n) is 12.4. The monoisotopic (exact) mass is 339 g/mol. The van der Waals surface area contributed by atoms with E-state index in [0.717, 1.165) is 30.4 Å². The summed E-state index contributed by atoms with van der Waals surface area (Å²) in [5.41, 5.74) is 0.864. The third-order valence-corrected chi connectivity index (χ3v) is 3.94. The number of halogens is 1. The van der Waals surface area contributed by atoms with Crippen LogP contribution in [0, 0.1) is 0 Å². The molecule has 0 aliphatic carbocycles. The zero-order chi connectivity index (χ0) is 14.8. The number of carbonyl (C=O) groups is 1. The number of piperidine rings is 1. The Morgan fingerprint density at radius 2 is 1.95 bits per heavy atom. The van der Waals surface area contributed by atoms with E-state index in [1.54, 1.807) is 0 Å². The van der Waals surface area contributed by atoms with Gasteiger partial charge in [-0.2, -0.15) is 0 Å². The first-order chi connectivity index (χ1) is 9.35. The molecule has 20 heavy (non-hydrogen) atoms. The van der Waals surface area contributed by atoms with Crippen molar-refractivity contribution in [2.45, 2.75) is 45.1 Å². The van der Waals surface area contributed by atoms with Gasteiger partial charge in [-0.3, -0.25) is 0 Å². The SMILES string of the molecule is CC(C)(C)OC(=O)N1CCC[C@H](c2ccc(Br)cc2)C1. The van der Waals surface area contributed by atoms with Crippen molar-refractivity contribution in [1.82, 2.24) is 4.90 Å². The fraction of sp³-hybridized carbons (Fsp3) is 0.562. The molecule has 1 aromatic rings. The highest BCUT2D eigenvalue weighted by molar-refractivity contribution is 9.10. The Balaban J connectivity index is 2.01. The normalized spacial score (nSPS) is 19.8. The second kappa shape index (κ2) is 6.17. The van der Waals surface area contributed by atoms with Crippen LogP contribution in [-0.4, -0.2) is 29.7 Å². The van der Waals surface area contributed by atoms with Crippen LogP contribution < -0.4 is 0 Å². The average Bonchev–Trinajstić information content (AvgIpc) is 2.38. The number of amides is 1. The van der Waals surface area contributed by atoms with Crippen molar-refractivity contribution in [2.75, 3.05) is 13.1 Å². The van der Waals surface area contributed by atoms with E-state index in [9.17, 15) is 4.79 Å². The van der Waals surface area contributed by atoms with Crippen LogP contribution in [0.5, 0.6) is 0 Å². The number of benzene rings is 1. The fourth-order valence-electron chi connectivity index (χ4n) is 2.48. The molecule has 1 amide bonds. The first-order valence-electron chi connectivity index (χ1n) is 7.08. The molecule has 2 rings (SSSR count). The molecule has 4 heteroatoms. The van der Waals surface area contributed by atoms with Crippen molar-refractivity contribution < 1.29 is 9.53 Å². The van der Waals surface area contributed by atoms with Gasteiger partial charge in [0.2, 0.25) is 0 Å². The van der Waals surface area contributed by atoms with Gasteiger partial charge < -0.3 is 9.64 Å². The minimum Gasteiger partial charge on any atom is -0.444 e. The lowest BCUT2D eigenvalue weighted by atomic mass is 9.91. The van der Waals surface area contributed by atoms with Crippen LogP contribution in [0.4, 0.5) is 4.79 Å². The highest BCUT2D eigenvalue weighted by Gasteiger charge is 2.28. The van der Waals surface area contributed by atoms with Gasteiger partial charge in [0.1, 0.15) is 5.60 Å². The largest absolute Gasteiger partial charge is 0.444 e. The quantitative estimate of drug-likeness (QED) is 0.750. The predicted molar refractivity (Wildman–Crippen MR) is 83.9 cm³/mol. The van der Waals surface area contributed by atoms with E-state index in [4.69, 9.17) is 4.74 Å². The maximum atomic E-state index is 12.1. The molecule has 1 saturated heterocycles. The van der Waals surface area contributed by atoms with Crippen LogP contribution >= 0.6 is 15.9 Å². The van der Waals surface area contributed by atoms with Gasteiger partial charge in [-0.1, -0.05) is 28.1 Å². The molecule has 0 N–H and O–H groups in total. The Morgan fingerprint density at radius 3 is 2.55 bits per heavy atom. The number of hydrogen-bond donors (Lipinski definition) is 0. The predicted octanol–water partition coefficient (Wildman–Crippen LogP) is 4.56. The van der Waals surface area contributed by atoms with Crippen LogP contribution in [0.1, 0.15) is 45.1 Å². The second-order valence-electron chi connectivity index (χ2n) is 6.32. The molecule has 0 bridgehead atoms. The van der Waals surface area contributed by atoms with Gasteiger partial charge in [0.25, 0.3) is 0 Å². The van der Waals surface area contributed by atoms with Gasteiger partial charge >= 0.3 is 6.09 Å². The highest BCUT2D eigenvalue weighted by atomic mass is 79.9. The summed E-state index contributed by atoms with van der Waals surface area (Å²) in [6.07, 6.45) is 1.96. The van der Waals surface area contributed by atoms with Gasteiger partial charge in [0.15, 0.2) is 0 Å². The molecule has 0 unspecified atom stereocenters. The smallest absolute Gasteiger partial charge is 0.410 e. The molecule has 1 aliphatic heterocycles. The van der Waals surface area contributed by atoms with Gasteiger partial charge in [-0.05, 0) is 51.3 Å². The highest BCUT2D eigenvalue weighted by Crippen LogP contribution is 2.28. The third-order valence-electron chi connectivity index (χ3n) is 3.41. The van der Waals surface area contributed by atoms with Crippen LogP contribution in [-0.2, 0) is 4.74 Å². The molecule has 1 heterocycles. The summed E-state index contributed by atoms with van der Waals surface area (Å²) in [5.74, 6) is 0.407. The minimum atomic E-state index is -0.429. The number of ether oxygens (including phenoxy) is 1. The van der Waals surface area contributed by atoms with Crippen LogP contribution in [0.3, 0.4) is 0 Å². The number of likely N-dealkylation sites (tertiary alicyclic amines) is 1. The number of hydrogen-bond acceptors (Lipinski definition) is 2. The van der Waals surface area contributed by atoms with Crippen LogP contribution in [0.2, 0.25) is 0 Å². The van der Waals surface area contributed by atoms with Crippen LogP contribution in [0.25, 0.3) is 0 Å². The lowest BCUT2D eigenvalue weighted by Gasteiger charge is -2.34. The molecular formula is C16H22BrNO2. The van der Waals surface area contributed by atoms with Gasteiger partial charge in [-0.15, -0.1) is 0 Å². The fourth-order valence-corrected chi connectivity index (χ4v) is 2.74. The Bertz CT molecular complexity index is 464. The summed E-state index contributed by atoms with van der Waals surface area (Å²) in [7, 11) is 0. The van der Waals surface area contributed by atoms with Crippen molar-refractivity contribution in [2.24, 2.45) is 0 Å². The Morgan fingerprint density at radius 1 is 1.30 bits per heavy atom. The summed E-state index contributed by atoms with van der Waals surface area (Å²) >= 11 is 3.45. The lowest BCUT2D eigenvalue weighted by Crippen LogP contribution is -2.42. The van der Waals surface area contributed by atoms with E-state index < -0.39 is 5.60 Å². The Hall–Kier alpha value is -1.03. The summed E-state index contributed by atoms with van der Waals surface area (Å²) < 4.78 is 6.54. The standard InChI is InChI=1S/C16H22BrNO2/c1-16(2,3)20-15(19)18-10-4-5-13(11-18)12-6-8-14(17)9-7-12/h6-9,13H,4-5,10-11H2,1-3H3/t13-/m0/s1. The molecule has 0 spiro atoms. The van der Waals surface area contributed by atoms with Crippen molar-refractivity contribution in [1.29, 1.82) is 0 Å². The molecule has 1 aromatic carbocycles. The first-order valence-corrected chi connectivity index (χ1v) is 7.88.